The van der Waals surface area contributed by atoms with Crippen molar-refractivity contribution < 1.29 is 24.8 Å². The number of ether oxygens (including phenoxy) is 2. The molecular formula is C9H16O5. The lowest BCUT2D eigenvalue weighted by Gasteiger charge is -2.25. The SMILES string of the molecule is CC1OC(CO)C(O)C(O)C2OC12C. The molecule has 2 heterocycles. The Kier molecular flexibility index (Phi) is 2.32. The number of fused-ring (bicyclic) bond motifs is 1. The molecule has 2 rings (SSSR count). The average Bonchev–Trinajstić information content (AvgIpc) is 2.85. The van der Waals surface area contributed by atoms with Gasteiger partial charge in [0.2, 0.25) is 0 Å². The maximum atomic E-state index is 9.69. The van der Waals surface area contributed by atoms with Gasteiger partial charge in [-0.25, -0.2) is 0 Å². The first-order valence-corrected chi connectivity index (χ1v) is 4.81. The second kappa shape index (κ2) is 3.15. The summed E-state index contributed by atoms with van der Waals surface area (Å²) in [7, 11) is 0. The lowest BCUT2D eigenvalue weighted by molar-refractivity contribution is -0.135. The van der Waals surface area contributed by atoms with E-state index in [1.165, 1.54) is 0 Å². The van der Waals surface area contributed by atoms with E-state index in [-0.39, 0.29) is 18.8 Å². The highest BCUT2D eigenvalue weighted by Gasteiger charge is 2.64. The van der Waals surface area contributed by atoms with Crippen LogP contribution in [0.25, 0.3) is 0 Å². The maximum Gasteiger partial charge on any atom is 0.120 e. The number of aliphatic hydroxyl groups excluding tert-OH is 3. The largest absolute Gasteiger partial charge is 0.394 e. The van der Waals surface area contributed by atoms with Crippen LogP contribution in [0.5, 0.6) is 0 Å². The van der Waals surface area contributed by atoms with Crippen molar-refractivity contribution in [2.24, 2.45) is 0 Å². The summed E-state index contributed by atoms with van der Waals surface area (Å²) in [5.41, 5.74) is -0.523. The molecule has 5 nitrogen and oxygen atoms in total. The highest BCUT2D eigenvalue weighted by atomic mass is 16.7. The predicted octanol–water partition coefficient (Wildman–Crippen LogP) is -1.35. The molecule has 2 fully saturated rings. The summed E-state index contributed by atoms with van der Waals surface area (Å²) in [6, 6.07) is 0. The highest BCUT2D eigenvalue weighted by molar-refractivity contribution is 5.11. The molecule has 0 aromatic carbocycles. The minimum atomic E-state index is -1.09. The van der Waals surface area contributed by atoms with Crippen molar-refractivity contribution in [2.45, 2.75) is 50.0 Å². The van der Waals surface area contributed by atoms with Crippen LogP contribution in [0, 0.1) is 0 Å². The summed E-state index contributed by atoms with van der Waals surface area (Å²) < 4.78 is 10.7. The standard InChI is InChI=1S/C9H16O5/c1-4-9(2)8(14-9)7(12)6(11)5(3-10)13-4/h4-8,10-12H,3H2,1-2H3. The van der Waals surface area contributed by atoms with Gasteiger partial charge in [-0.2, -0.15) is 0 Å². The van der Waals surface area contributed by atoms with Crippen LogP contribution in [0.15, 0.2) is 0 Å². The van der Waals surface area contributed by atoms with Crippen molar-refractivity contribution in [1.29, 1.82) is 0 Å². The molecule has 2 saturated heterocycles. The van der Waals surface area contributed by atoms with Crippen molar-refractivity contribution >= 4 is 0 Å². The smallest absolute Gasteiger partial charge is 0.120 e. The number of hydrogen-bond acceptors (Lipinski definition) is 5. The molecule has 0 saturated carbocycles. The Morgan fingerprint density at radius 2 is 1.93 bits per heavy atom. The molecule has 3 N–H and O–H groups in total. The minimum Gasteiger partial charge on any atom is -0.394 e. The van der Waals surface area contributed by atoms with Gasteiger partial charge >= 0.3 is 0 Å². The molecular weight excluding hydrogens is 188 g/mol. The zero-order valence-electron chi connectivity index (χ0n) is 8.25. The number of rotatable bonds is 1. The van der Waals surface area contributed by atoms with E-state index in [4.69, 9.17) is 14.6 Å². The van der Waals surface area contributed by atoms with Crippen LogP contribution < -0.4 is 0 Å². The first-order chi connectivity index (χ1) is 6.50. The Labute approximate surface area is 82.3 Å². The molecule has 14 heavy (non-hydrogen) atoms. The van der Waals surface area contributed by atoms with Crippen LogP contribution in [0.1, 0.15) is 13.8 Å². The molecule has 0 aliphatic carbocycles. The van der Waals surface area contributed by atoms with Gasteiger partial charge < -0.3 is 24.8 Å². The van der Waals surface area contributed by atoms with Gasteiger partial charge in [-0.15, -0.1) is 0 Å². The quantitative estimate of drug-likeness (QED) is 0.460. The molecule has 5 heteroatoms. The average molecular weight is 204 g/mol. The van der Waals surface area contributed by atoms with Crippen LogP contribution in [-0.2, 0) is 9.47 Å². The minimum absolute atomic E-state index is 0.239. The Bertz CT molecular complexity index is 228. The van der Waals surface area contributed by atoms with E-state index in [9.17, 15) is 10.2 Å². The van der Waals surface area contributed by atoms with Crippen LogP contribution in [0.4, 0.5) is 0 Å². The van der Waals surface area contributed by atoms with Crippen LogP contribution in [-0.4, -0.2) is 58.0 Å². The highest BCUT2D eigenvalue weighted by Crippen LogP contribution is 2.46. The Balaban J connectivity index is 2.18. The third-order valence-corrected chi connectivity index (χ3v) is 3.30. The van der Waals surface area contributed by atoms with E-state index >= 15 is 0 Å². The van der Waals surface area contributed by atoms with E-state index in [0.29, 0.717) is 0 Å². The van der Waals surface area contributed by atoms with Crippen molar-refractivity contribution in [1.82, 2.24) is 0 Å². The van der Waals surface area contributed by atoms with Gasteiger partial charge in [0.1, 0.15) is 30.0 Å². The van der Waals surface area contributed by atoms with Crippen LogP contribution in [0.3, 0.4) is 0 Å². The molecule has 0 radical (unpaired) electrons. The molecule has 0 aromatic rings. The van der Waals surface area contributed by atoms with Gasteiger partial charge in [0.25, 0.3) is 0 Å². The molecule has 82 valence electrons. The van der Waals surface area contributed by atoms with Gasteiger partial charge in [0.15, 0.2) is 0 Å². The molecule has 0 amide bonds. The molecule has 0 aromatic heterocycles. The molecule has 6 unspecified atom stereocenters. The Morgan fingerprint density at radius 3 is 2.50 bits per heavy atom. The third-order valence-electron chi connectivity index (χ3n) is 3.30. The molecule has 6 atom stereocenters. The van der Waals surface area contributed by atoms with Crippen LogP contribution >= 0.6 is 0 Å². The second-order valence-corrected chi connectivity index (χ2v) is 4.20. The van der Waals surface area contributed by atoms with Crippen molar-refractivity contribution in [3.05, 3.63) is 0 Å². The van der Waals surface area contributed by atoms with Gasteiger partial charge in [-0.05, 0) is 13.8 Å². The summed E-state index contributed by atoms with van der Waals surface area (Å²) in [6.07, 6.45) is -3.42. The summed E-state index contributed by atoms with van der Waals surface area (Å²) in [4.78, 5) is 0. The van der Waals surface area contributed by atoms with E-state index in [2.05, 4.69) is 0 Å². The van der Waals surface area contributed by atoms with Gasteiger partial charge in [0.05, 0.1) is 12.7 Å². The zero-order chi connectivity index (χ0) is 10.5. The fraction of sp³-hybridized carbons (Fsp3) is 1.00. The molecule has 0 bridgehead atoms. The summed E-state index contributed by atoms with van der Waals surface area (Å²) in [6.45, 7) is 3.34. The lowest BCUT2D eigenvalue weighted by Crippen LogP contribution is -2.42. The zero-order valence-corrected chi connectivity index (χ0v) is 8.25. The third kappa shape index (κ3) is 1.28. The van der Waals surface area contributed by atoms with E-state index < -0.39 is 23.9 Å². The predicted molar refractivity (Wildman–Crippen MR) is 46.7 cm³/mol. The topological polar surface area (TPSA) is 82.5 Å². The van der Waals surface area contributed by atoms with Gasteiger partial charge in [0, 0.05) is 0 Å². The second-order valence-electron chi connectivity index (χ2n) is 4.20. The van der Waals surface area contributed by atoms with Gasteiger partial charge in [-0.1, -0.05) is 0 Å². The maximum absolute atomic E-state index is 9.69. The lowest BCUT2D eigenvalue weighted by atomic mass is 9.97. The summed E-state index contributed by atoms with van der Waals surface area (Å²) in [5, 5.41) is 28.3. The van der Waals surface area contributed by atoms with Crippen molar-refractivity contribution in [2.75, 3.05) is 6.61 Å². The number of hydrogen-bond donors (Lipinski definition) is 3. The van der Waals surface area contributed by atoms with E-state index in [1.54, 1.807) is 0 Å². The Morgan fingerprint density at radius 1 is 1.29 bits per heavy atom. The summed E-state index contributed by atoms with van der Waals surface area (Å²) in [5.74, 6) is 0. The van der Waals surface area contributed by atoms with Crippen molar-refractivity contribution in [3.63, 3.8) is 0 Å². The number of aliphatic hydroxyl groups is 3. The molecule has 2 aliphatic heterocycles. The first-order valence-electron chi connectivity index (χ1n) is 4.81. The monoisotopic (exact) mass is 204 g/mol. The van der Waals surface area contributed by atoms with E-state index in [0.717, 1.165) is 0 Å². The first kappa shape index (κ1) is 10.3. The van der Waals surface area contributed by atoms with Gasteiger partial charge in [-0.3, -0.25) is 0 Å². The molecule has 0 spiro atoms. The molecule has 2 aliphatic rings. The van der Waals surface area contributed by atoms with Crippen LogP contribution in [0.2, 0.25) is 0 Å². The fourth-order valence-electron chi connectivity index (χ4n) is 2.00. The van der Waals surface area contributed by atoms with E-state index in [1.807, 2.05) is 13.8 Å². The fourth-order valence-corrected chi connectivity index (χ4v) is 2.00. The Hall–Kier alpha value is -0.200. The summed E-state index contributed by atoms with van der Waals surface area (Å²) >= 11 is 0. The van der Waals surface area contributed by atoms with Crippen molar-refractivity contribution in [3.8, 4) is 0 Å². The number of epoxide rings is 1. The normalized spacial score (nSPS) is 57.6.